The molecule has 22 aromatic rings. The molecule has 0 saturated heterocycles. The second-order valence-electron chi connectivity index (χ2n) is 33.2. The molecule has 28 nitrogen and oxygen atoms in total. The molecular weight excluding hydrogens is 1630 g/mol. The van der Waals surface area contributed by atoms with Crippen LogP contribution in [0.4, 0.5) is 40.7 Å². The highest BCUT2D eigenvalue weighted by molar-refractivity contribution is 6.12. The highest BCUT2D eigenvalue weighted by Gasteiger charge is 2.22. The van der Waals surface area contributed by atoms with Gasteiger partial charge in [0.2, 0.25) is 0 Å². The second kappa shape index (κ2) is 39.8. The quantitative estimate of drug-likeness (QED) is 0.0420. The number of rotatable bonds is 18. The van der Waals surface area contributed by atoms with Crippen molar-refractivity contribution in [3.63, 3.8) is 0 Å². The van der Waals surface area contributed by atoms with Gasteiger partial charge in [-0.05, 0) is 86.6 Å². The van der Waals surface area contributed by atoms with Crippen molar-refractivity contribution < 1.29 is 0 Å². The third kappa shape index (κ3) is 18.0. The predicted molar refractivity (Wildman–Crippen MR) is 544 cm³/mol. The standard InChI is InChI=1S/C18H16N4.4C15H18N4.C13H14N4.C12H12N4/c1-19-18-16-17(14-9-5-6-10-15(14)21-18)22(12-20-16)11-13-7-3-2-4-8-13;2*1-10(2)8-19-9-17-13-14(19)11-6-4-5-7-12(11)18-15(13)16-3;1-4-10(2)19-9-17-13-14(19)11-7-5-6-8-12(11)18-15(13)16-3;1-3-4-9-19-10-17-13-14(19)11-7-5-6-8-12(11)18-15(13)16-2;1-8-15-11-12(17(8)3)9-6-4-5-7-10(9)16-13(11)14-2;1-13-12-10-11(16(2)7-14-10)8-5-3-4-6-9(8)15-12/h2-10,12H,11H2,1H3,(H,19,21);2*4-7,9-10H,8H2,1-3H3,(H,16,18);5-10H,4H2,1-3H3,(H,16,18);5-8,10H,3-4,9H2,1-2H3,(H,16,18);4-7H,1-3H3,(H,14,16);3-7H,1-2H3,(H,13,15). The molecule has 14 heterocycles. The summed E-state index contributed by atoms with van der Waals surface area (Å²) in [5.41, 5.74) is 22.9. The van der Waals surface area contributed by atoms with Crippen molar-refractivity contribution in [2.75, 3.05) is 86.6 Å². The minimum atomic E-state index is 0.431. The molecule has 0 amide bonds. The highest BCUT2D eigenvalue weighted by atomic mass is 15.2. The van der Waals surface area contributed by atoms with E-state index in [1.165, 1.54) is 39.4 Å². The van der Waals surface area contributed by atoms with Crippen LogP contribution in [0.15, 0.2) is 238 Å². The van der Waals surface area contributed by atoms with E-state index >= 15 is 0 Å². The number of aryl methyl sites for hydroxylation is 4. The number of para-hydroxylation sites is 7. The Hall–Kier alpha value is -15.5. The van der Waals surface area contributed by atoms with Crippen LogP contribution in [0, 0.1) is 18.8 Å². The van der Waals surface area contributed by atoms with Crippen LogP contribution in [-0.4, -0.2) is 151 Å². The van der Waals surface area contributed by atoms with E-state index in [1.54, 1.807) is 0 Å². The van der Waals surface area contributed by atoms with E-state index in [-0.39, 0.29) is 0 Å². The summed E-state index contributed by atoms with van der Waals surface area (Å²) in [7, 11) is 17.2. The predicted octanol–water partition coefficient (Wildman–Crippen LogP) is 21.9. The molecule has 0 spiro atoms. The van der Waals surface area contributed by atoms with Gasteiger partial charge in [-0.25, -0.2) is 69.8 Å². The smallest absolute Gasteiger partial charge is 0.154 e. The van der Waals surface area contributed by atoms with E-state index in [1.807, 2.05) is 222 Å². The largest absolute Gasteiger partial charge is 0.371 e. The molecule has 131 heavy (non-hydrogen) atoms. The summed E-state index contributed by atoms with van der Waals surface area (Å²) in [5, 5.41) is 30.0. The molecular formula is C103H114N28. The van der Waals surface area contributed by atoms with E-state index in [2.05, 4.69) is 274 Å². The van der Waals surface area contributed by atoms with Crippen molar-refractivity contribution in [1.29, 1.82) is 0 Å². The molecule has 0 aliphatic carbocycles. The molecule has 0 aliphatic heterocycles. The number of nitrogens with one attached hydrogen (secondary N) is 7. The molecule has 666 valence electrons. The lowest BCUT2D eigenvalue weighted by Crippen LogP contribution is -2.03. The number of fused-ring (bicyclic) bond motifs is 21. The number of aromatic nitrogens is 21. The van der Waals surface area contributed by atoms with Gasteiger partial charge in [-0.3, -0.25) is 0 Å². The maximum absolute atomic E-state index is 4.66. The molecule has 0 fully saturated rings. The monoisotopic (exact) mass is 1740 g/mol. The zero-order chi connectivity index (χ0) is 91.5. The van der Waals surface area contributed by atoms with Crippen LogP contribution >= 0.6 is 0 Å². The first-order valence-corrected chi connectivity index (χ1v) is 44.8. The Kier molecular flexibility index (Phi) is 27.0. The summed E-state index contributed by atoms with van der Waals surface area (Å²) in [5.74, 6) is 8.03. The fourth-order valence-corrected chi connectivity index (χ4v) is 17.0. The van der Waals surface area contributed by atoms with Crippen molar-refractivity contribution in [1.82, 2.24) is 102 Å². The van der Waals surface area contributed by atoms with E-state index in [0.717, 1.165) is 212 Å². The molecule has 1 atom stereocenters. The van der Waals surface area contributed by atoms with Gasteiger partial charge >= 0.3 is 0 Å². The normalized spacial score (nSPS) is 11.6. The van der Waals surface area contributed by atoms with Gasteiger partial charge in [-0.1, -0.05) is 206 Å². The van der Waals surface area contributed by atoms with Crippen LogP contribution in [0.3, 0.4) is 0 Å². The average Bonchev–Trinajstić information content (AvgIpc) is 1.63. The number of imidazole rings is 7. The number of hydrogen-bond acceptors (Lipinski definition) is 21. The number of hydrogen-bond donors (Lipinski definition) is 7. The Morgan fingerprint density at radius 3 is 0.931 bits per heavy atom. The Bertz CT molecular complexity index is 7650. The van der Waals surface area contributed by atoms with Crippen LogP contribution in [0.25, 0.3) is 154 Å². The molecule has 0 radical (unpaired) electrons. The minimum Gasteiger partial charge on any atom is -0.371 e. The Morgan fingerprint density at radius 2 is 0.573 bits per heavy atom. The number of nitrogens with zero attached hydrogens (tertiary/aromatic N) is 21. The summed E-state index contributed by atoms with van der Waals surface area (Å²) in [4.78, 5) is 64.0. The number of unbranched alkanes of at least 4 members (excludes halogenated alkanes) is 1. The van der Waals surface area contributed by atoms with E-state index in [4.69, 9.17) is 0 Å². The molecule has 22 rings (SSSR count). The molecule has 8 aromatic carbocycles. The van der Waals surface area contributed by atoms with Crippen LogP contribution in [-0.2, 0) is 40.3 Å². The first kappa shape index (κ1) is 88.9. The zero-order valence-corrected chi connectivity index (χ0v) is 77.6. The van der Waals surface area contributed by atoms with Crippen molar-refractivity contribution in [3.05, 3.63) is 250 Å². The summed E-state index contributed by atoms with van der Waals surface area (Å²) in [6.45, 7) is 21.2. The maximum Gasteiger partial charge on any atom is 0.154 e. The first-order chi connectivity index (χ1) is 63.9. The lowest BCUT2D eigenvalue weighted by molar-refractivity contribution is 0.533. The van der Waals surface area contributed by atoms with Crippen LogP contribution < -0.4 is 37.2 Å². The van der Waals surface area contributed by atoms with Gasteiger partial charge in [-0.15, -0.1) is 0 Å². The van der Waals surface area contributed by atoms with Crippen LogP contribution in [0.2, 0.25) is 0 Å². The van der Waals surface area contributed by atoms with Gasteiger partial charge in [-0.2, -0.15) is 0 Å². The molecule has 0 bridgehead atoms. The topological polar surface area (TPSA) is 299 Å². The average molecular weight is 1740 g/mol. The Labute approximate surface area is 760 Å². The van der Waals surface area contributed by atoms with Gasteiger partial charge < -0.3 is 69.2 Å². The van der Waals surface area contributed by atoms with Crippen molar-refractivity contribution in [2.45, 2.75) is 107 Å². The lowest BCUT2D eigenvalue weighted by atomic mass is 10.1. The van der Waals surface area contributed by atoms with Gasteiger partial charge in [0.05, 0.1) is 115 Å². The van der Waals surface area contributed by atoms with Crippen LogP contribution in [0.1, 0.15) is 85.2 Å². The summed E-state index contributed by atoms with van der Waals surface area (Å²) in [6.07, 6.45) is 14.8. The number of benzene rings is 8. The van der Waals surface area contributed by atoms with Gasteiger partial charge in [0.15, 0.2) is 40.7 Å². The number of pyridine rings is 7. The first-order valence-electron chi connectivity index (χ1n) is 44.8. The fourth-order valence-electron chi connectivity index (χ4n) is 17.0. The van der Waals surface area contributed by atoms with Gasteiger partial charge in [0.25, 0.3) is 0 Å². The lowest BCUT2D eigenvalue weighted by Gasteiger charge is -2.13. The molecule has 0 aliphatic rings. The third-order valence-electron chi connectivity index (χ3n) is 23.5. The van der Waals surface area contributed by atoms with Crippen molar-refractivity contribution in [2.24, 2.45) is 25.9 Å². The SMILES string of the molecule is CCC(C)n1cnc2c(NC)nc3ccccc3c21.CCCCn1cnc2c(NC)nc3ccccc3c21.CNc1nc2ccccc2c2c1nc(C)n2C.CNc1nc2ccccc2c2c1ncn2C.CNc1nc2ccccc2c2c1ncn2CC(C)C.CNc1nc2ccccc2c2c1ncn2CC(C)C.CNc1nc2ccccc2c2c1ncn2Cc1ccccc1. The molecule has 0 saturated carbocycles. The molecule has 7 N–H and O–H groups in total. The van der Waals surface area contributed by atoms with Gasteiger partial charge in [0.1, 0.15) is 44.4 Å². The summed E-state index contributed by atoms with van der Waals surface area (Å²) >= 11 is 0. The molecule has 14 aromatic heterocycles. The van der Waals surface area contributed by atoms with E-state index in [0.29, 0.717) is 17.9 Å². The Balaban J connectivity index is 0.000000112. The maximum atomic E-state index is 4.66. The Morgan fingerprint density at radius 1 is 0.290 bits per heavy atom. The second-order valence-corrected chi connectivity index (χ2v) is 33.2. The highest BCUT2D eigenvalue weighted by Crippen LogP contribution is 2.37. The fraction of sp³-hybridized carbons (Fsp3) is 0.262. The van der Waals surface area contributed by atoms with Gasteiger partial charge in [0, 0.05) is 133 Å². The molecule has 28 heteroatoms. The van der Waals surface area contributed by atoms with E-state index in [9.17, 15) is 0 Å². The summed E-state index contributed by atoms with van der Waals surface area (Å²) < 4.78 is 15.3. The van der Waals surface area contributed by atoms with Crippen LogP contribution in [0.5, 0.6) is 0 Å². The van der Waals surface area contributed by atoms with Crippen molar-refractivity contribution >= 4 is 194 Å². The minimum absolute atomic E-state index is 0.431. The number of anilines is 7. The van der Waals surface area contributed by atoms with Crippen molar-refractivity contribution in [3.8, 4) is 0 Å². The van der Waals surface area contributed by atoms with E-state index < -0.39 is 0 Å². The zero-order valence-electron chi connectivity index (χ0n) is 77.6. The summed E-state index contributed by atoms with van der Waals surface area (Å²) in [6, 6.07) is 68.2. The third-order valence-corrected chi connectivity index (χ3v) is 23.5. The molecule has 1 unspecified atom stereocenters.